The Morgan fingerprint density at radius 2 is 2.26 bits per heavy atom. The molecule has 3 rings (SSSR count). The number of carbonyl (C=O) groups excluding carboxylic acids is 1. The summed E-state index contributed by atoms with van der Waals surface area (Å²) in [6.07, 6.45) is 6.51. The van der Waals surface area contributed by atoms with Crippen molar-refractivity contribution in [1.29, 1.82) is 0 Å². The number of hydrogen-bond acceptors (Lipinski definition) is 5. The number of carbonyl (C=O) groups is 1. The van der Waals surface area contributed by atoms with Gasteiger partial charge in [-0.2, -0.15) is 5.10 Å². The minimum atomic E-state index is -0.457. The average molecular weight is 280 g/mol. The van der Waals surface area contributed by atoms with Crippen LogP contribution in [0.1, 0.15) is 0 Å². The van der Waals surface area contributed by atoms with Gasteiger partial charge in [-0.05, 0) is 6.07 Å². The van der Waals surface area contributed by atoms with E-state index in [0.717, 1.165) is 10.9 Å². The van der Waals surface area contributed by atoms with E-state index in [-0.39, 0.29) is 12.4 Å². The second-order valence-corrected chi connectivity index (χ2v) is 3.59. The number of halogens is 1. The van der Waals surface area contributed by atoms with Gasteiger partial charge in [-0.1, -0.05) is 0 Å². The second-order valence-electron chi connectivity index (χ2n) is 3.59. The lowest BCUT2D eigenvalue weighted by molar-refractivity contribution is 0.243. The van der Waals surface area contributed by atoms with E-state index in [1.807, 2.05) is 0 Å². The molecule has 0 radical (unpaired) electrons. The number of aromatic nitrogens is 5. The van der Waals surface area contributed by atoms with Crippen molar-refractivity contribution in [3.05, 3.63) is 30.9 Å². The van der Waals surface area contributed by atoms with Gasteiger partial charge in [0.15, 0.2) is 11.5 Å². The van der Waals surface area contributed by atoms with Gasteiger partial charge >= 0.3 is 6.03 Å². The molecule has 3 aromatic rings. The first-order valence-corrected chi connectivity index (χ1v) is 5.14. The van der Waals surface area contributed by atoms with Crippen LogP contribution in [-0.4, -0.2) is 30.8 Å². The highest BCUT2D eigenvalue weighted by atomic mass is 35.5. The molecule has 4 N–H and O–H groups in total. The van der Waals surface area contributed by atoms with E-state index in [0.29, 0.717) is 11.5 Å². The predicted octanol–water partition coefficient (Wildman–Crippen LogP) is 0.675. The number of hydrogen-bond donors (Lipinski definition) is 3. The third-order valence-corrected chi connectivity index (χ3v) is 2.53. The van der Waals surface area contributed by atoms with Crippen LogP contribution in [0.5, 0.6) is 0 Å². The van der Waals surface area contributed by atoms with Crippen LogP contribution < -0.4 is 11.3 Å². The van der Waals surface area contributed by atoms with Crippen LogP contribution in [-0.2, 0) is 0 Å². The Bertz CT molecular complexity index is 706. The minimum absolute atomic E-state index is 0. The third kappa shape index (κ3) is 2.14. The first kappa shape index (κ1) is 13.0. The van der Waals surface area contributed by atoms with Gasteiger partial charge in [0.25, 0.3) is 0 Å². The lowest BCUT2D eigenvalue weighted by Crippen LogP contribution is -2.33. The lowest BCUT2D eigenvalue weighted by atomic mass is 10.3. The maximum atomic E-state index is 11.5. The van der Waals surface area contributed by atoms with E-state index < -0.39 is 6.03 Å². The monoisotopic (exact) mass is 279 g/mol. The molecule has 1 amide bonds. The quantitative estimate of drug-likeness (QED) is 0.344. The van der Waals surface area contributed by atoms with Gasteiger partial charge in [0.2, 0.25) is 0 Å². The van der Waals surface area contributed by atoms with E-state index in [2.05, 4.69) is 25.6 Å². The van der Waals surface area contributed by atoms with Crippen molar-refractivity contribution in [2.45, 2.75) is 0 Å². The van der Waals surface area contributed by atoms with Gasteiger partial charge in [-0.15, -0.1) is 12.4 Å². The zero-order valence-electron chi connectivity index (χ0n) is 9.57. The SMILES string of the molecule is Cl.NNC(=O)n1ccc2cnc(-c3cn[nH]c3)nc21. The molecule has 0 aliphatic heterocycles. The van der Waals surface area contributed by atoms with E-state index in [1.165, 1.54) is 4.57 Å². The molecule has 8 nitrogen and oxygen atoms in total. The fraction of sp³-hybridized carbons (Fsp3) is 0. The molecule has 3 heterocycles. The number of amides is 1. The topological polar surface area (TPSA) is 115 Å². The molecule has 0 spiro atoms. The predicted molar refractivity (Wildman–Crippen MR) is 70.5 cm³/mol. The molecule has 0 aromatic carbocycles. The average Bonchev–Trinajstić information content (AvgIpc) is 3.06. The van der Waals surface area contributed by atoms with Gasteiger partial charge in [-0.3, -0.25) is 15.1 Å². The van der Waals surface area contributed by atoms with Crippen molar-refractivity contribution >= 4 is 29.5 Å². The van der Waals surface area contributed by atoms with Crippen molar-refractivity contribution < 1.29 is 4.79 Å². The Hall–Kier alpha value is -2.45. The molecule has 0 bridgehead atoms. The van der Waals surface area contributed by atoms with E-state index in [1.54, 1.807) is 30.9 Å². The maximum absolute atomic E-state index is 11.5. The number of nitrogen functional groups attached to an aromatic ring is 1. The molecule has 0 aliphatic carbocycles. The molecule has 0 saturated heterocycles. The van der Waals surface area contributed by atoms with E-state index in [9.17, 15) is 4.79 Å². The van der Waals surface area contributed by atoms with Gasteiger partial charge in [0, 0.05) is 24.0 Å². The highest BCUT2D eigenvalue weighted by Crippen LogP contribution is 2.17. The van der Waals surface area contributed by atoms with E-state index >= 15 is 0 Å². The first-order chi connectivity index (χ1) is 8.79. The molecule has 98 valence electrons. The van der Waals surface area contributed by atoms with Crippen molar-refractivity contribution in [2.24, 2.45) is 5.84 Å². The smallest absolute Gasteiger partial charge is 0.285 e. The molecular formula is C10H10ClN7O. The van der Waals surface area contributed by atoms with Crippen LogP contribution in [0.3, 0.4) is 0 Å². The molecular weight excluding hydrogens is 270 g/mol. The van der Waals surface area contributed by atoms with Gasteiger partial charge in [0.05, 0.1) is 11.8 Å². The van der Waals surface area contributed by atoms with Crippen LogP contribution in [0.25, 0.3) is 22.4 Å². The Balaban J connectivity index is 0.00000133. The van der Waals surface area contributed by atoms with Gasteiger partial charge in [-0.25, -0.2) is 20.6 Å². The number of fused-ring (bicyclic) bond motifs is 1. The van der Waals surface area contributed by atoms with Crippen LogP contribution >= 0.6 is 12.4 Å². The summed E-state index contributed by atoms with van der Waals surface area (Å²) >= 11 is 0. The summed E-state index contributed by atoms with van der Waals surface area (Å²) in [4.78, 5) is 20.1. The van der Waals surface area contributed by atoms with Crippen molar-refractivity contribution in [3.63, 3.8) is 0 Å². The zero-order chi connectivity index (χ0) is 12.5. The molecule has 0 atom stereocenters. The van der Waals surface area contributed by atoms with Crippen molar-refractivity contribution in [2.75, 3.05) is 0 Å². The van der Waals surface area contributed by atoms with E-state index in [4.69, 9.17) is 5.84 Å². The summed E-state index contributed by atoms with van der Waals surface area (Å²) < 4.78 is 1.32. The standard InChI is InChI=1S/C10H9N7O.ClH/c11-16-10(18)17-2-1-6-3-12-8(15-9(6)17)7-4-13-14-5-7;/h1-5H,11H2,(H,13,14)(H,16,18);1H. The summed E-state index contributed by atoms with van der Waals surface area (Å²) in [5, 5.41) is 7.27. The number of nitrogens with two attached hydrogens (primary N) is 1. The number of rotatable bonds is 1. The first-order valence-electron chi connectivity index (χ1n) is 5.14. The van der Waals surface area contributed by atoms with Crippen LogP contribution in [0.4, 0.5) is 4.79 Å². The highest BCUT2D eigenvalue weighted by Gasteiger charge is 2.11. The largest absolute Gasteiger partial charge is 0.341 e. The normalized spacial score (nSPS) is 10.2. The number of H-pyrrole nitrogens is 1. The van der Waals surface area contributed by atoms with Crippen LogP contribution in [0, 0.1) is 0 Å². The molecule has 0 aliphatic rings. The highest BCUT2D eigenvalue weighted by molar-refractivity contribution is 5.89. The fourth-order valence-electron chi connectivity index (χ4n) is 1.66. The summed E-state index contributed by atoms with van der Waals surface area (Å²) in [6.45, 7) is 0. The molecule has 3 aromatic heterocycles. The van der Waals surface area contributed by atoms with Crippen LogP contribution in [0.2, 0.25) is 0 Å². The Morgan fingerprint density at radius 1 is 1.42 bits per heavy atom. The summed E-state index contributed by atoms with van der Waals surface area (Å²) in [7, 11) is 0. The molecule has 0 fully saturated rings. The Morgan fingerprint density at radius 3 is 2.95 bits per heavy atom. The lowest BCUT2D eigenvalue weighted by Gasteiger charge is -2.02. The molecule has 19 heavy (non-hydrogen) atoms. The van der Waals surface area contributed by atoms with Gasteiger partial charge in [0.1, 0.15) is 0 Å². The van der Waals surface area contributed by atoms with Gasteiger partial charge < -0.3 is 0 Å². The summed E-state index contributed by atoms with van der Waals surface area (Å²) in [5.74, 6) is 5.60. The fourth-order valence-corrected chi connectivity index (χ4v) is 1.66. The molecule has 9 heteroatoms. The number of nitrogens with one attached hydrogen (secondary N) is 2. The maximum Gasteiger partial charge on any atom is 0.341 e. The zero-order valence-corrected chi connectivity index (χ0v) is 10.4. The number of aromatic amines is 1. The second kappa shape index (κ2) is 5.04. The summed E-state index contributed by atoms with van der Waals surface area (Å²) in [6, 6.07) is 1.28. The molecule has 0 saturated carbocycles. The summed E-state index contributed by atoms with van der Waals surface area (Å²) in [5.41, 5.74) is 3.30. The Kier molecular flexibility index (Phi) is 3.45. The van der Waals surface area contributed by atoms with Crippen molar-refractivity contribution in [1.82, 2.24) is 30.2 Å². The minimum Gasteiger partial charge on any atom is -0.285 e. The number of hydrazine groups is 1. The number of nitrogens with zero attached hydrogens (tertiary/aromatic N) is 4. The molecule has 0 unspecified atom stereocenters. The Labute approximate surface area is 113 Å². The third-order valence-electron chi connectivity index (χ3n) is 2.53. The van der Waals surface area contributed by atoms with Crippen LogP contribution in [0.15, 0.2) is 30.9 Å². The van der Waals surface area contributed by atoms with Crippen molar-refractivity contribution in [3.8, 4) is 11.4 Å².